The molecule has 1 aromatic heterocycles. The number of halogens is 1. The van der Waals surface area contributed by atoms with Gasteiger partial charge in [-0.2, -0.15) is 5.10 Å². The molecular weight excluding hydrogens is 398 g/mol. The van der Waals surface area contributed by atoms with Crippen LogP contribution in [-0.4, -0.2) is 28.3 Å². The number of carbonyl (C=O) groups is 2. The van der Waals surface area contributed by atoms with E-state index in [1.54, 1.807) is 11.6 Å². The number of anilines is 1. The highest BCUT2D eigenvalue weighted by atomic mass is 79.9. The van der Waals surface area contributed by atoms with E-state index in [1.807, 2.05) is 30.3 Å². The van der Waals surface area contributed by atoms with Gasteiger partial charge in [-0.05, 0) is 31.2 Å². The molecule has 0 aliphatic heterocycles. The minimum absolute atomic E-state index is 0.0538. The van der Waals surface area contributed by atoms with Gasteiger partial charge in [0.2, 0.25) is 5.91 Å². The van der Waals surface area contributed by atoms with Crippen molar-refractivity contribution in [3.05, 3.63) is 40.5 Å². The van der Waals surface area contributed by atoms with Crippen LogP contribution in [0.15, 0.2) is 34.8 Å². The van der Waals surface area contributed by atoms with Crippen molar-refractivity contribution in [2.45, 2.75) is 46.0 Å². The molecule has 1 aromatic carbocycles. The van der Waals surface area contributed by atoms with Crippen LogP contribution in [0.1, 0.15) is 46.2 Å². The van der Waals surface area contributed by atoms with E-state index >= 15 is 0 Å². The third-order valence-corrected chi connectivity index (χ3v) is 4.21. The third-order valence-electron chi connectivity index (χ3n) is 3.68. The fourth-order valence-corrected chi connectivity index (χ4v) is 2.53. The molecule has 1 heterocycles. The molecule has 0 aliphatic rings. The summed E-state index contributed by atoms with van der Waals surface area (Å²) in [6.07, 6.45) is 0.118. The Morgan fingerprint density at radius 1 is 1.19 bits per heavy atom. The minimum Gasteiger partial charge on any atom is -0.466 e. The first-order chi connectivity index (χ1) is 12.2. The van der Waals surface area contributed by atoms with Crippen LogP contribution in [0.2, 0.25) is 0 Å². The molecule has 0 saturated heterocycles. The van der Waals surface area contributed by atoms with Crippen LogP contribution >= 0.6 is 15.9 Å². The Morgan fingerprint density at radius 3 is 2.42 bits per heavy atom. The van der Waals surface area contributed by atoms with Crippen LogP contribution < -0.4 is 5.32 Å². The van der Waals surface area contributed by atoms with Gasteiger partial charge in [0.1, 0.15) is 5.82 Å². The number of rotatable bonds is 6. The van der Waals surface area contributed by atoms with Crippen molar-refractivity contribution >= 4 is 33.6 Å². The van der Waals surface area contributed by atoms with Gasteiger partial charge in [-0.1, -0.05) is 36.7 Å². The van der Waals surface area contributed by atoms with E-state index in [0.29, 0.717) is 12.4 Å². The predicted octanol–water partition coefficient (Wildman–Crippen LogP) is 4.21. The summed E-state index contributed by atoms with van der Waals surface area (Å²) in [4.78, 5) is 23.7. The lowest BCUT2D eigenvalue weighted by atomic mass is 9.92. The summed E-state index contributed by atoms with van der Waals surface area (Å²) in [7, 11) is 0. The van der Waals surface area contributed by atoms with Gasteiger partial charge in [0.15, 0.2) is 0 Å². The summed E-state index contributed by atoms with van der Waals surface area (Å²) < 4.78 is 7.52. The maximum atomic E-state index is 12.3. The summed E-state index contributed by atoms with van der Waals surface area (Å²) >= 11 is 3.42. The predicted molar refractivity (Wildman–Crippen MR) is 104 cm³/mol. The molecule has 140 valence electrons. The maximum Gasteiger partial charge on any atom is 0.306 e. The summed E-state index contributed by atoms with van der Waals surface area (Å²) in [6.45, 7) is 8.24. The van der Waals surface area contributed by atoms with Gasteiger partial charge in [0.05, 0.1) is 24.4 Å². The minimum atomic E-state index is -0.376. The molecule has 0 fully saturated rings. The standard InChI is InChI=1S/C19H24BrN3O3/c1-5-26-18(25)11-10-17(24)21-16-12-15(19(2,3)4)22-23(16)14-8-6-13(20)7-9-14/h6-9,12H,5,10-11H2,1-4H3,(H,21,24). The third kappa shape index (κ3) is 5.42. The molecule has 0 bridgehead atoms. The Labute approximate surface area is 162 Å². The van der Waals surface area contributed by atoms with E-state index in [4.69, 9.17) is 4.74 Å². The van der Waals surface area contributed by atoms with Crippen molar-refractivity contribution in [3.8, 4) is 5.69 Å². The topological polar surface area (TPSA) is 73.2 Å². The van der Waals surface area contributed by atoms with Crippen molar-refractivity contribution in [3.63, 3.8) is 0 Å². The first-order valence-corrected chi connectivity index (χ1v) is 9.32. The second-order valence-corrected chi connectivity index (χ2v) is 7.82. The smallest absolute Gasteiger partial charge is 0.306 e. The van der Waals surface area contributed by atoms with Gasteiger partial charge in [0, 0.05) is 22.4 Å². The maximum absolute atomic E-state index is 12.3. The number of amides is 1. The average Bonchev–Trinajstić information content (AvgIpc) is 2.98. The molecule has 0 radical (unpaired) electrons. The molecule has 26 heavy (non-hydrogen) atoms. The van der Waals surface area contributed by atoms with Gasteiger partial charge in [-0.25, -0.2) is 4.68 Å². The zero-order valence-electron chi connectivity index (χ0n) is 15.5. The van der Waals surface area contributed by atoms with Crippen LogP contribution in [0, 0.1) is 0 Å². The fourth-order valence-electron chi connectivity index (χ4n) is 2.27. The number of ether oxygens (including phenoxy) is 1. The Balaban J connectivity index is 2.23. The zero-order valence-corrected chi connectivity index (χ0v) is 17.1. The monoisotopic (exact) mass is 421 g/mol. The van der Waals surface area contributed by atoms with Crippen LogP contribution in [0.25, 0.3) is 5.69 Å². The number of hydrogen-bond acceptors (Lipinski definition) is 4. The molecule has 0 atom stereocenters. The number of aromatic nitrogens is 2. The van der Waals surface area contributed by atoms with Gasteiger partial charge in [0.25, 0.3) is 0 Å². The van der Waals surface area contributed by atoms with E-state index < -0.39 is 0 Å². The van der Waals surface area contributed by atoms with Crippen molar-refractivity contribution in [2.24, 2.45) is 0 Å². The normalized spacial score (nSPS) is 11.3. The lowest BCUT2D eigenvalue weighted by Crippen LogP contribution is -2.16. The first kappa shape index (κ1) is 20.2. The summed E-state index contributed by atoms with van der Waals surface area (Å²) in [5.41, 5.74) is 1.54. The molecule has 0 spiro atoms. The average molecular weight is 422 g/mol. The second-order valence-electron chi connectivity index (χ2n) is 6.91. The van der Waals surface area contributed by atoms with Crippen LogP contribution in [0.3, 0.4) is 0 Å². The summed E-state index contributed by atoms with van der Waals surface area (Å²) in [6, 6.07) is 9.53. The first-order valence-electron chi connectivity index (χ1n) is 8.52. The van der Waals surface area contributed by atoms with Gasteiger partial charge >= 0.3 is 5.97 Å². The lowest BCUT2D eigenvalue weighted by Gasteiger charge is -2.14. The van der Waals surface area contributed by atoms with E-state index in [9.17, 15) is 9.59 Å². The highest BCUT2D eigenvalue weighted by Crippen LogP contribution is 2.27. The highest BCUT2D eigenvalue weighted by Gasteiger charge is 2.21. The molecule has 1 amide bonds. The molecular formula is C19H24BrN3O3. The quantitative estimate of drug-likeness (QED) is 0.708. The van der Waals surface area contributed by atoms with Crippen molar-refractivity contribution in [1.82, 2.24) is 9.78 Å². The Kier molecular flexibility index (Phi) is 6.58. The Morgan fingerprint density at radius 2 is 1.85 bits per heavy atom. The van der Waals surface area contributed by atoms with Crippen molar-refractivity contribution < 1.29 is 14.3 Å². The summed E-state index contributed by atoms with van der Waals surface area (Å²) in [5.74, 6) is -0.0534. The number of hydrogen-bond donors (Lipinski definition) is 1. The number of esters is 1. The van der Waals surface area contributed by atoms with Crippen molar-refractivity contribution in [2.75, 3.05) is 11.9 Å². The van der Waals surface area contributed by atoms with Gasteiger partial charge < -0.3 is 10.1 Å². The lowest BCUT2D eigenvalue weighted by molar-refractivity contribution is -0.144. The highest BCUT2D eigenvalue weighted by molar-refractivity contribution is 9.10. The van der Waals surface area contributed by atoms with Gasteiger partial charge in [-0.3, -0.25) is 9.59 Å². The molecule has 6 nitrogen and oxygen atoms in total. The number of carbonyl (C=O) groups excluding carboxylic acids is 2. The van der Waals surface area contributed by atoms with E-state index in [-0.39, 0.29) is 30.1 Å². The van der Waals surface area contributed by atoms with E-state index in [1.165, 1.54) is 0 Å². The fraction of sp³-hybridized carbons (Fsp3) is 0.421. The summed E-state index contributed by atoms with van der Waals surface area (Å²) in [5, 5.41) is 7.51. The largest absolute Gasteiger partial charge is 0.466 e. The molecule has 0 saturated carbocycles. The molecule has 0 aliphatic carbocycles. The van der Waals surface area contributed by atoms with E-state index in [2.05, 4.69) is 47.1 Å². The molecule has 7 heteroatoms. The zero-order chi connectivity index (χ0) is 19.3. The van der Waals surface area contributed by atoms with Crippen LogP contribution in [-0.2, 0) is 19.7 Å². The van der Waals surface area contributed by atoms with E-state index in [0.717, 1.165) is 15.9 Å². The molecule has 2 rings (SSSR count). The number of nitrogens with zero attached hydrogens (tertiary/aromatic N) is 2. The Hall–Kier alpha value is -2.15. The number of nitrogens with one attached hydrogen (secondary N) is 1. The molecule has 0 unspecified atom stereocenters. The van der Waals surface area contributed by atoms with Crippen molar-refractivity contribution in [1.29, 1.82) is 0 Å². The second kappa shape index (κ2) is 8.49. The SMILES string of the molecule is CCOC(=O)CCC(=O)Nc1cc(C(C)(C)C)nn1-c1ccc(Br)cc1. The van der Waals surface area contributed by atoms with Gasteiger partial charge in [-0.15, -0.1) is 0 Å². The van der Waals surface area contributed by atoms with Crippen LogP contribution in [0.4, 0.5) is 5.82 Å². The molecule has 1 N–H and O–H groups in total. The van der Waals surface area contributed by atoms with Crippen LogP contribution in [0.5, 0.6) is 0 Å². The number of benzene rings is 1. The molecule has 2 aromatic rings. The Bertz CT molecular complexity index is 776.